The van der Waals surface area contributed by atoms with Crippen LogP contribution < -0.4 is 15.5 Å². The van der Waals surface area contributed by atoms with Crippen LogP contribution in [0.25, 0.3) is 0 Å². The maximum absolute atomic E-state index is 9.42. The molecule has 2 heterocycles. The van der Waals surface area contributed by atoms with Gasteiger partial charge in [0.2, 0.25) is 11.9 Å². The maximum atomic E-state index is 9.42. The summed E-state index contributed by atoms with van der Waals surface area (Å²) < 4.78 is 0. The van der Waals surface area contributed by atoms with Gasteiger partial charge in [0.15, 0.2) is 5.82 Å². The van der Waals surface area contributed by atoms with Crippen LogP contribution in [0.5, 0.6) is 5.75 Å². The van der Waals surface area contributed by atoms with Crippen LogP contribution in [0, 0.1) is 0 Å². The summed E-state index contributed by atoms with van der Waals surface area (Å²) in [5, 5.41) is 9.42. The van der Waals surface area contributed by atoms with E-state index in [1.807, 2.05) is 31.1 Å². The van der Waals surface area contributed by atoms with Crippen LogP contribution in [0.15, 0.2) is 24.3 Å². The molecule has 1 fully saturated rings. The molecule has 1 aliphatic rings. The molecule has 0 amide bonds. The largest absolute Gasteiger partial charge is 0.508 e. The van der Waals surface area contributed by atoms with Gasteiger partial charge in [-0.2, -0.15) is 15.0 Å². The summed E-state index contributed by atoms with van der Waals surface area (Å²) in [6.45, 7) is 5.74. The van der Waals surface area contributed by atoms with Crippen molar-refractivity contribution in [3.63, 3.8) is 0 Å². The first-order valence-electron chi connectivity index (χ1n) is 8.41. The molecular weight excluding hydrogens is 318 g/mol. The number of phenols is 1. The molecule has 3 rings (SSSR count). The third kappa shape index (κ3) is 3.90. The van der Waals surface area contributed by atoms with Gasteiger partial charge in [-0.25, -0.2) is 0 Å². The summed E-state index contributed by atoms with van der Waals surface area (Å²) >= 11 is 0. The van der Waals surface area contributed by atoms with E-state index < -0.39 is 0 Å². The SMILES string of the molecule is C[C@H](c1nc(N)nc(N(C)C)n1)N1CCN(c2ccc(O)cc2)CC1. The number of piperazine rings is 1. The number of nitrogens with two attached hydrogens (primary N) is 1. The Bertz CT molecular complexity index is 711. The van der Waals surface area contributed by atoms with E-state index in [1.54, 1.807) is 12.1 Å². The Hall–Kier alpha value is -2.61. The lowest BCUT2D eigenvalue weighted by atomic mass is 10.2. The van der Waals surface area contributed by atoms with E-state index >= 15 is 0 Å². The topological polar surface area (TPSA) is 94.6 Å². The summed E-state index contributed by atoms with van der Waals surface area (Å²) in [6.07, 6.45) is 0. The first-order valence-corrected chi connectivity index (χ1v) is 8.41. The zero-order valence-corrected chi connectivity index (χ0v) is 14.9. The fourth-order valence-corrected chi connectivity index (χ4v) is 2.98. The average molecular weight is 343 g/mol. The summed E-state index contributed by atoms with van der Waals surface area (Å²) in [5.74, 6) is 1.83. The zero-order chi connectivity index (χ0) is 18.0. The number of hydrogen-bond acceptors (Lipinski definition) is 8. The quantitative estimate of drug-likeness (QED) is 0.852. The van der Waals surface area contributed by atoms with E-state index in [2.05, 4.69) is 31.7 Å². The molecule has 1 atom stereocenters. The number of benzene rings is 1. The molecule has 1 saturated heterocycles. The van der Waals surface area contributed by atoms with Crippen molar-refractivity contribution in [1.29, 1.82) is 0 Å². The molecule has 25 heavy (non-hydrogen) atoms. The first kappa shape index (κ1) is 17.2. The molecule has 1 aromatic carbocycles. The second-order valence-corrected chi connectivity index (χ2v) is 6.46. The number of nitrogen functional groups attached to an aromatic ring is 1. The number of aromatic hydroxyl groups is 1. The molecule has 0 saturated carbocycles. The number of anilines is 3. The van der Waals surface area contributed by atoms with E-state index in [-0.39, 0.29) is 12.0 Å². The molecule has 0 aliphatic carbocycles. The van der Waals surface area contributed by atoms with Crippen LogP contribution in [0.3, 0.4) is 0 Å². The molecule has 0 bridgehead atoms. The van der Waals surface area contributed by atoms with Crippen molar-refractivity contribution in [2.75, 3.05) is 55.8 Å². The highest BCUT2D eigenvalue weighted by molar-refractivity contribution is 5.49. The molecule has 8 nitrogen and oxygen atoms in total. The fraction of sp³-hybridized carbons (Fsp3) is 0.471. The van der Waals surface area contributed by atoms with Gasteiger partial charge in [-0.15, -0.1) is 0 Å². The number of phenolic OH excluding ortho intramolecular Hbond substituents is 1. The van der Waals surface area contributed by atoms with E-state index in [4.69, 9.17) is 5.73 Å². The van der Waals surface area contributed by atoms with Crippen LogP contribution in [-0.4, -0.2) is 65.2 Å². The lowest BCUT2D eigenvalue weighted by Gasteiger charge is -2.38. The molecule has 3 N–H and O–H groups in total. The monoisotopic (exact) mass is 343 g/mol. The molecule has 2 aromatic rings. The molecule has 0 spiro atoms. The van der Waals surface area contributed by atoms with Gasteiger partial charge in [0.05, 0.1) is 6.04 Å². The normalized spacial score (nSPS) is 16.7. The summed E-state index contributed by atoms with van der Waals surface area (Å²) in [6, 6.07) is 7.42. The zero-order valence-electron chi connectivity index (χ0n) is 14.9. The highest BCUT2D eigenvalue weighted by Crippen LogP contribution is 2.24. The van der Waals surface area contributed by atoms with Crippen molar-refractivity contribution in [3.8, 4) is 5.75 Å². The smallest absolute Gasteiger partial charge is 0.229 e. The molecule has 0 unspecified atom stereocenters. The van der Waals surface area contributed by atoms with Crippen LogP contribution in [0.1, 0.15) is 18.8 Å². The maximum Gasteiger partial charge on any atom is 0.229 e. The second-order valence-electron chi connectivity index (χ2n) is 6.46. The number of hydrogen-bond donors (Lipinski definition) is 2. The number of nitrogens with zero attached hydrogens (tertiary/aromatic N) is 6. The van der Waals surface area contributed by atoms with Crippen molar-refractivity contribution in [3.05, 3.63) is 30.1 Å². The highest BCUT2D eigenvalue weighted by atomic mass is 16.3. The summed E-state index contributed by atoms with van der Waals surface area (Å²) in [5.41, 5.74) is 6.97. The van der Waals surface area contributed by atoms with E-state index in [0.29, 0.717) is 17.5 Å². The van der Waals surface area contributed by atoms with E-state index in [9.17, 15) is 5.11 Å². The Morgan fingerprint density at radius 1 is 1.04 bits per heavy atom. The molecule has 1 aliphatic heterocycles. The minimum absolute atomic E-state index is 0.0750. The second kappa shape index (κ2) is 7.10. The van der Waals surface area contributed by atoms with Crippen molar-refractivity contribution in [2.24, 2.45) is 0 Å². The van der Waals surface area contributed by atoms with Gasteiger partial charge >= 0.3 is 0 Å². The summed E-state index contributed by atoms with van der Waals surface area (Å²) in [4.78, 5) is 19.5. The van der Waals surface area contributed by atoms with Crippen molar-refractivity contribution < 1.29 is 5.11 Å². The van der Waals surface area contributed by atoms with Crippen LogP contribution in [0.4, 0.5) is 17.6 Å². The minimum atomic E-state index is 0.0750. The number of aromatic nitrogens is 3. The van der Waals surface area contributed by atoms with E-state index in [0.717, 1.165) is 31.9 Å². The van der Waals surface area contributed by atoms with Crippen LogP contribution in [0.2, 0.25) is 0 Å². The Balaban J connectivity index is 1.67. The molecule has 0 radical (unpaired) electrons. The molecule has 1 aromatic heterocycles. The third-order valence-electron chi connectivity index (χ3n) is 4.51. The first-order chi connectivity index (χ1) is 11.9. The summed E-state index contributed by atoms with van der Waals surface area (Å²) in [7, 11) is 3.78. The Morgan fingerprint density at radius 3 is 2.28 bits per heavy atom. The lowest BCUT2D eigenvalue weighted by Crippen LogP contribution is -2.47. The fourth-order valence-electron chi connectivity index (χ4n) is 2.98. The predicted molar refractivity (Wildman–Crippen MR) is 98.9 cm³/mol. The van der Waals surface area contributed by atoms with Gasteiger partial charge in [-0.3, -0.25) is 4.90 Å². The Morgan fingerprint density at radius 2 is 1.68 bits per heavy atom. The molecule has 134 valence electrons. The van der Waals surface area contributed by atoms with Gasteiger partial charge in [-0.1, -0.05) is 0 Å². The third-order valence-corrected chi connectivity index (χ3v) is 4.51. The molecular formula is C17H25N7O. The standard InChI is InChI=1S/C17H25N7O/c1-12(15-19-16(18)21-17(20-15)22(2)3)23-8-10-24(11-9-23)13-4-6-14(25)7-5-13/h4-7,12,25H,8-11H2,1-3H3,(H2,18,19,20,21)/t12-/m1/s1. The minimum Gasteiger partial charge on any atom is -0.508 e. The van der Waals surface area contributed by atoms with Gasteiger partial charge < -0.3 is 20.6 Å². The van der Waals surface area contributed by atoms with Gasteiger partial charge in [-0.05, 0) is 31.2 Å². The average Bonchev–Trinajstić information content (AvgIpc) is 2.61. The van der Waals surface area contributed by atoms with Gasteiger partial charge in [0, 0.05) is 46.0 Å². The van der Waals surface area contributed by atoms with E-state index in [1.165, 1.54) is 0 Å². The van der Waals surface area contributed by atoms with Crippen LogP contribution >= 0.6 is 0 Å². The van der Waals surface area contributed by atoms with Gasteiger partial charge in [0.25, 0.3) is 0 Å². The lowest BCUT2D eigenvalue weighted by molar-refractivity contribution is 0.191. The van der Waals surface area contributed by atoms with Crippen LogP contribution in [-0.2, 0) is 0 Å². The highest BCUT2D eigenvalue weighted by Gasteiger charge is 2.25. The van der Waals surface area contributed by atoms with Crippen molar-refractivity contribution in [1.82, 2.24) is 19.9 Å². The number of rotatable bonds is 4. The van der Waals surface area contributed by atoms with Crippen molar-refractivity contribution >= 4 is 17.6 Å². The molecule has 8 heteroatoms. The Labute approximate surface area is 147 Å². The predicted octanol–water partition coefficient (Wildman–Crippen LogP) is 1.11. The van der Waals surface area contributed by atoms with Gasteiger partial charge in [0.1, 0.15) is 5.75 Å². The Kier molecular flexibility index (Phi) is 4.89. The van der Waals surface area contributed by atoms with Crippen molar-refractivity contribution in [2.45, 2.75) is 13.0 Å².